The van der Waals surface area contributed by atoms with E-state index in [1.54, 1.807) is 30.1 Å². The summed E-state index contributed by atoms with van der Waals surface area (Å²) in [5.74, 6) is -0.209. The van der Waals surface area contributed by atoms with Gasteiger partial charge < -0.3 is 10.2 Å². The molecule has 1 amide bonds. The predicted octanol–water partition coefficient (Wildman–Crippen LogP) is 1.93. The molecule has 18 heavy (non-hydrogen) atoms. The quantitative estimate of drug-likeness (QED) is 0.836. The van der Waals surface area contributed by atoms with Crippen molar-refractivity contribution in [1.82, 2.24) is 10.2 Å². The molecule has 0 radical (unpaired) electrons. The number of amides is 1. The van der Waals surface area contributed by atoms with E-state index < -0.39 is 0 Å². The fraction of sp³-hybridized carbons (Fsp3) is 0.500. The second-order valence-electron chi connectivity index (χ2n) is 4.82. The number of nitrogens with zero attached hydrogens (tertiary/aromatic N) is 1. The van der Waals surface area contributed by atoms with Crippen molar-refractivity contribution in [2.24, 2.45) is 0 Å². The SMILES string of the molecule is CN(Cc1ccccc1F)C(=O)CCNC1CC1. The van der Waals surface area contributed by atoms with Gasteiger partial charge in [0.1, 0.15) is 5.82 Å². The van der Waals surface area contributed by atoms with Crippen LogP contribution in [0.1, 0.15) is 24.8 Å². The Kier molecular flexibility index (Phi) is 4.31. The zero-order chi connectivity index (χ0) is 13.0. The van der Waals surface area contributed by atoms with Gasteiger partial charge in [0.05, 0.1) is 0 Å². The van der Waals surface area contributed by atoms with Gasteiger partial charge in [0.15, 0.2) is 0 Å². The lowest BCUT2D eigenvalue weighted by Crippen LogP contribution is -2.30. The summed E-state index contributed by atoms with van der Waals surface area (Å²) in [7, 11) is 1.71. The maximum absolute atomic E-state index is 13.4. The minimum Gasteiger partial charge on any atom is -0.341 e. The number of halogens is 1. The molecule has 0 unspecified atom stereocenters. The summed E-state index contributed by atoms with van der Waals surface area (Å²) >= 11 is 0. The Labute approximate surface area is 107 Å². The van der Waals surface area contributed by atoms with Crippen molar-refractivity contribution < 1.29 is 9.18 Å². The summed E-state index contributed by atoms with van der Waals surface area (Å²) in [6, 6.07) is 7.18. The number of rotatable bonds is 6. The summed E-state index contributed by atoms with van der Waals surface area (Å²) in [5.41, 5.74) is 0.559. The first-order valence-electron chi connectivity index (χ1n) is 6.37. The minimum atomic E-state index is -0.256. The molecule has 0 spiro atoms. The Balaban J connectivity index is 1.77. The van der Waals surface area contributed by atoms with Crippen molar-refractivity contribution in [3.05, 3.63) is 35.6 Å². The van der Waals surface area contributed by atoms with Crippen LogP contribution in [0, 0.1) is 5.82 Å². The molecule has 1 aliphatic carbocycles. The van der Waals surface area contributed by atoms with Crippen LogP contribution in [0.3, 0.4) is 0 Å². The smallest absolute Gasteiger partial charge is 0.223 e. The largest absolute Gasteiger partial charge is 0.341 e. The van der Waals surface area contributed by atoms with Crippen molar-refractivity contribution in [3.8, 4) is 0 Å². The van der Waals surface area contributed by atoms with Crippen LogP contribution in [0.5, 0.6) is 0 Å². The molecule has 0 atom stereocenters. The van der Waals surface area contributed by atoms with Crippen molar-refractivity contribution in [3.63, 3.8) is 0 Å². The molecule has 1 N–H and O–H groups in total. The molecule has 1 aromatic rings. The van der Waals surface area contributed by atoms with Crippen LogP contribution in [-0.4, -0.2) is 30.4 Å². The average Bonchev–Trinajstić information content (AvgIpc) is 3.16. The number of nitrogens with one attached hydrogen (secondary N) is 1. The molecule has 0 aliphatic heterocycles. The third-order valence-electron chi connectivity index (χ3n) is 3.14. The van der Waals surface area contributed by atoms with Gasteiger partial charge >= 0.3 is 0 Å². The summed E-state index contributed by atoms with van der Waals surface area (Å²) in [6.45, 7) is 1.04. The monoisotopic (exact) mass is 250 g/mol. The van der Waals surface area contributed by atoms with Crippen LogP contribution in [0.4, 0.5) is 4.39 Å². The van der Waals surface area contributed by atoms with Gasteiger partial charge in [-0.1, -0.05) is 18.2 Å². The van der Waals surface area contributed by atoms with E-state index in [-0.39, 0.29) is 11.7 Å². The van der Waals surface area contributed by atoms with Crippen molar-refractivity contribution in [2.45, 2.75) is 31.8 Å². The molecular formula is C14H19FN2O. The van der Waals surface area contributed by atoms with Crippen LogP contribution < -0.4 is 5.32 Å². The molecule has 2 rings (SSSR count). The molecular weight excluding hydrogens is 231 g/mol. The van der Waals surface area contributed by atoms with E-state index >= 15 is 0 Å². The average molecular weight is 250 g/mol. The molecule has 1 aromatic carbocycles. The molecule has 4 heteroatoms. The second-order valence-corrected chi connectivity index (χ2v) is 4.82. The minimum absolute atomic E-state index is 0.0476. The van der Waals surface area contributed by atoms with Gasteiger partial charge in [-0.05, 0) is 18.9 Å². The summed E-state index contributed by atoms with van der Waals surface area (Å²) < 4.78 is 13.4. The van der Waals surface area contributed by atoms with Crippen molar-refractivity contribution in [1.29, 1.82) is 0 Å². The van der Waals surface area contributed by atoms with Gasteiger partial charge in [0.25, 0.3) is 0 Å². The highest BCUT2D eigenvalue weighted by Gasteiger charge is 2.20. The first kappa shape index (κ1) is 13.0. The van der Waals surface area contributed by atoms with Crippen molar-refractivity contribution >= 4 is 5.91 Å². The Morgan fingerprint density at radius 1 is 1.44 bits per heavy atom. The maximum Gasteiger partial charge on any atom is 0.223 e. The highest BCUT2D eigenvalue weighted by atomic mass is 19.1. The number of carbonyl (C=O) groups is 1. The summed E-state index contributed by atoms with van der Waals surface area (Å²) in [5, 5.41) is 3.30. The van der Waals surface area contributed by atoms with E-state index in [0.29, 0.717) is 31.1 Å². The third-order valence-corrected chi connectivity index (χ3v) is 3.14. The fourth-order valence-electron chi connectivity index (χ4n) is 1.83. The number of benzene rings is 1. The molecule has 3 nitrogen and oxygen atoms in total. The molecule has 1 saturated carbocycles. The van der Waals surface area contributed by atoms with E-state index in [9.17, 15) is 9.18 Å². The Morgan fingerprint density at radius 2 is 2.17 bits per heavy atom. The first-order valence-corrected chi connectivity index (χ1v) is 6.37. The van der Waals surface area contributed by atoms with Crippen LogP contribution in [-0.2, 0) is 11.3 Å². The molecule has 0 heterocycles. The van der Waals surface area contributed by atoms with E-state index in [1.165, 1.54) is 18.9 Å². The normalized spacial score (nSPS) is 14.6. The fourth-order valence-corrected chi connectivity index (χ4v) is 1.83. The van der Waals surface area contributed by atoms with Crippen LogP contribution in [0.25, 0.3) is 0 Å². The summed E-state index contributed by atoms with van der Waals surface area (Å²) in [4.78, 5) is 13.4. The molecule has 1 aliphatic rings. The molecule has 0 aromatic heterocycles. The second kappa shape index (κ2) is 5.96. The lowest BCUT2D eigenvalue weighted by atomic mass is 10.2. The van der Waals surface area contributed by atoms with Gasteiger partial charge in [-0.3, -0.25) is 4.79 Å². The van der Waals surface area contributed by atoms with E-state index in [2.05, 4.69) is 5.32 Å². The Hall–Kier alpha value is -1.42. The number of carbonyl (C=O) groups excluding carboxylic acids is 1. The Bertz CT molecular complexity index is 418. The zero-order valence-electron chi connectivity index (χ0n) is 10.7. The predicted molar refractivity (Wildman–Crippen MR) is 68.5 cm³/mol. The number of hydrogen-bond donors (Lipinski definition) is 1. The third kappa shape index (κ3) is 3.81. The number of hydrogen-bond acceptors (Lipinski definition) is 2. The van der Waals surface area contributed by atoms with Gasteiger partial charge in [-0.25, -0.2) is 4.39 Å². The van der Waals surface area contributed by atoms with Crippen LogP contribution in [0.2, 0.25) is 0 Å². The topological polar surface area (TPSA) is 32.3 Å². The van der Waals surface area contributed by atoms with Crippen molar-refractivity contribution in [2.75, 3.05) is 13.6 Å². The Morgan fingerprint density at radius 3 is 2.83 bits per heavy atom. The molecule has 1 fully saturated rings. The van der Waals surface area contributed by atoms with E-state index in [0.717, 1.165) is 0 Å². The lowest BCUT2D eigenvalue weighted by molar-refractivity contribution is -0.130. The maximum atomic E-state index is 13.4. The van der Waals surface area contributed by atoms with E-state index in [1.807, 2.05) is 0 Å². The lowest BCUT2D eigenvalue weighted by Gasteiger charge is -2.17. The van der Waals surface area contributed by atoms with Crippen LogP contribution >= 0.6 is 0 Å². The van der Waals surface area contributed by atoms with Crippen LogP contribution in [0.15, 0.2) is 24.3 Å². The van der Waals surface area contributed by atoms with Gasteiger partial charge in [-0.2, -0.15) is 0 Å². The molecule has 0 saturated heterocycles. The van der Waals surface area contributed by atoms with E-state index in [4.69, 9.17) is 0 Å². The van der Waals surface area contributed by atoms with Gasteiger partial charge in [0.2, 0.25) is 5.91 Å². The highest BCUT2D eigenvalue weighted by Crippen LogP contribution is 2.18. The first-order chi connectivity index (χ1) is 8.66. The van der Waals surface area contributed by atoms with Gasteiger partial charge in [0, 0.05) is 38.2 Å². The summed E-state index contributed by atoms with van der Waals surface area (Å²) in [6.07, 6.45) is 2.92. The standard InChI is InChI=1S/C14H19FN2O/c1-17(10-11-4-2-3-5-13(11)15)14(18)8-9-16-12-6-7-12/h2-5,12,16H,6-10H2,1H3. The van der Waals surface area contributed by atoms with Gasteiger partial charge in [-0.15, -0.1) is 0 Å². The zero-order valence-corrected chi connectivity index (χ0v) is 10.7. The molecule has 0 bridgehead atoms. The highest BCUT2D eigenvalue weighted by molar-refractivity contribution is 5.76. The molecule has 98 valence electrons.